The molecule has 1 aliphatic heterocycles. The Labute approximate surface area is 161 Å². The normalized spacial score (nSPS) is 13.1. The van der Waals surface area contributed by atoms with Gasteiger partial charge in [0, 0.05) is 37.9 Å². The van der Waals surface area contributed by atoms with E-state index >= 15 is 0 Å². The summed E-state index contributed by atoms with van der Waals surface area (Å²) < 4.78 is 0. The quantitative estimate of drug-likeness (QED) is 0.727. The monoisotopic (exact) mass is 368 g/mol. The predicted molar refractivity (Wildman–Crippen MR) is 108 cm³/mol. The molecule has 5 heteroatoms. The Kier molecular flexibility index (Phi) is 7.77. The van der Waals surface area contributed by atoms with E-state index in [-0.39, 0.29) is 12.4 Å². The zero-order valence-corrected chi connectivity index (χ0v) is 15.7. The summed E-state index contributed by atoms with van der Waals surface area (Å²) in [4.78, 5) is 11.2. The lowest BCUT2D eigenvalue weighted by Gasteiger charge is -2.30. The summed E-state index contributed by atoms with van der Waals surface area (Å²) in [5, 5.41) is 0. The van der Waals surface area contributed by atoms with Gasteiger partial charge in [-0.05, 0) is 18.1 Å². The van der Waals surface area contributed by atoms with Crippen LogP contribution < -0.4 is 0 Å². The smallest absolute Gasteiger partial charge is 0.0984 e. The fourth-order valence-electron chi connectivity index (χ4n) is 2.78. The minimum atomic E-state index is 0. The molecule has 1 aliphatic rings. The van der Waals surface area contributed by atoms with Crippen molar-refractivity contribution in [1.29, 1.82) is 0 Å². The van der Waals surface area contributed by atoms with Gasteiger partial charge in [0.15, 0.2) is 0 Å². The van der Waals surface area contributed by atoms with Crippen LogP contribution in [0.25, 0.3) is 0 Å². The van der Waals surface area contributed by atoms with E-state index in [1.54, 1.807) is 18.7 Å². The number of halogens is 1. The number of hydrogen-bond donors (Lipinski definition) is 1. The second kappa shape index (κ2) is 10.3. The topological polar surface area (TPSA) is 35.2 Å². The van der Waals surface area contributed by atoms with Crippen LogP contribution in [0.4, 0.5) is 0 Å². The number of rotatable bonds is 4. The van der Waals surface area contributed by atoms with Crippen LogP contribution in [-0.4, -0.2) is 25.9 Å². The van der Waals surface area contributed by atoms with E-state index in [1.807, 2.05) is 0 Å². The number of benzene rings is 2. The highest BCUT2D eigenvalue weighted by Crippen LogP contribution is 2.20. The van der Waals surface area contributed by atoms with Crippen LogP contribution in [0, 0.1) is 0 Å². The third-order valence-corrected chi connectivity index (χ3v) is 4.23. The summed E-state index contributed by atoms with van der Waals surface area (Å²) in [5.74, 6) is 0. The van der Waals surface area contributed by atoms with Crippen LogP contribution in [0.2, 0.25) is 0 Å². The fourth-order valence-corrected chi connectivity index (χ4v) is 2.78. The molecule has 0 fully saturated rings. The van der Waals surface area contributed by atoms with Gasteiger partial charge >= 0.3 is 0 Å². The molecule has 0 spiro atoms. The van der Waals surface area contributed by atoms with E-state index in [2.05, 4.69) is 99.8 Å². The Morgan fingerprint density at radius 3 is 1.69 bits per heavy atom. The van der Waals surface area contributed by atoms with E-state index in [0.717, 1.165) is 13.1 Å². The van der Waals surface area contributed by atoms with Gasteiger partial charge in [0.25, 0.3) is 0 Å². The van der Waals surface area contributed by atoms with E-state index in [1.165, 1.54) is 11.1 Å². The minimum absolute atomic E-state index is 0. The predicted octanol–water partition coefficient (Wildman–Crippen LogP) is 4.65. The molecule has 2 aromatic carbocycles. The van der Waals surface area contributed by atoms with Crippen molar-refractivity contribution >= 4 is 12.4 Å². The second-order valence-electron chi connectivity index (χ2n) is 6.01. The Bertz CT molecular complexity index is 675. The maximum atomic E-state index is 3.67. The van der Waals surface area contributed by atoms with Crippen molar-refractivity contribution in [2.45, 2.75) is 26.2 Å². The summed E-state index contributed by atoms with van der Waals surface area (Å²) in [7, 11) is 0. The molecule has 4 rings (SSSR count). The highest BCUT2D eigenvalue weighted by Gasteiger charge is 2.21. The Hall–Kier alpha value is -2.72. The van der Waals surface area contributed by atoms with Crippen LogP contribution in [-0.2, 0) is 13.1 Å². The molecule has 3 aromatic rings. The largest absolute Gasteiger partial charge is 0.352 e. The van der Waals surface area contributed by atoms with Gasteiger partial charge < -0.3 is 14.8 Å². The van der Waals surface area contributed by atoms with Crippen molar-refractivity contribution in [2.75, 3.05) is 0 Å². The zero-order valence-electron chi connectivity index (χ0n) is 14.9. The molecule has 0 aliphatic carbocycles. The number of hydrogen-bond acceptors (Lipinski definition) is 3. The molecule has 2 heterocycles. The van der Waals surface area contributed by atoms with Crippen molar-refractivity contribution < 1.29 is 0 Å². The van der Waals surface area contributed by atoms with Gasteiger partial charge in [0.2, 0.25) is 0 Å². The molecule has 0 bridgehead atoms. The summed E-state index contributed by atoms with van der Waals surface area (Å²) in [6, 6.07) is 21.2. The zero-order chi connectivity index (χ0) is 17.3. The first kappa shape index (κ1) is 19.6. The first-order chi connectivity index (χ1) is 12.3. The number of nitrogens with one attached hydrogen (secondary N) is 1. The van der Waals surface area contributed by atoms with Crippen molar-refractivity contribution in [1.82, 2.24) is 19.8 Å². The fraction of sp³-hybridized carbons (Fsp3) is 0.190. The molecule has 136 valence electrons. The lowest BCUT2D eigenvalue weighted by Crippen LogP contribution is -2.35. The van der Waals surface area contributed by atoms with Crippen LogP contribution >= 0.6 is 12.4 Å². The Balaban J connectivity index is 0.000000351. The number of imidazole rings is 1. The molecule has 0 saturated heterocycles. The Morgan fingerprint density at radius 2 is 1.35 bits per heavy atom. The number of aromatic amines is 1. The van der Waals surface area contributed by atoms with Gasteiger partial charge in [0.05, 0.1) is 12.5 Å². The molecular weight excluding hydrogens is 344 g/mol. The SMILES string of the molecule is CC1N(Cc2ccccc2)C=CN1Cc1ccccc1.Cl.c1c[nH]cn1. The number of H-pyrrole nitrogens is 1. The molecule has 4 nitrogen and oxygen atoms in total. The molecule has 0 amide bonds. The van der Waals surface area contributed by atoms with E-state index in [4.69, 9.17) is 0 Å². The van der Waals surface area contributed by atoms with Crippen LogP contribution in [0.3, 0.4) is 0 Å². The molecule has 0 unspecified atom stereocenters. The van der Waals surface area contributed by atoms with Crippen molar-refractivity contribution in [3.8, 4) is 0 Å². The summed E-state index contributed by atoms with van der Waals surface area (Å²) in [5.41, 5.74) is 2.70. The van der Waals surface area contributed by atoms with Crippen molar-refractivity contribution in [3.63, 3.8) is 0 Å². The second-order valence-corrected chi connectivity index (χ2v) is 6.01. The Morgan fingerprint density at radius 1 is 0.846 bits per heavy atom. The van der Waals surface area contributed by atoms with Crippen LogP contribution in [0.5, 0.6) is 0 Å². The average Bonchev–Trinajstić information content (AvgIpc) is 3.34. The summed E-state index contributed by atoms with van der Waals surface area (Å²) in [6.07, 6.45) is 9.87. The molecule has 0 atom stereocenters. The number of nitrogens with zero attached hydrogens (tertiary/aromatic N) is 3. The standard InChI is InChI=1S/C18H20N2.C3H4N2.ClH/c1-16-19(14-17-8-4-2-5-9-17)12-13-20(16)15-18-10-6-3-7-11-18;1-2-5-3-4-1;/h2-13,16H,14-15H2,1H3;1-3H,(H,4,5);1H. The van der Waals surface area contributed by atoms with Gasteiger partial charge in [0.1, 0.15) is 0 Å². The first-order valence-corrected chi connectivity index (χ1v) is 8.53. The maximum Gasteiger partial charge on any atom is 0.0984 e. The highest BCUT2D eigenvalue weighted by atomic mass is 35.5. The lowest BCUT2D eigenvalue weighted by atomic mass is 10.2. The molecule has 1 N–H and O–H groups in total. The van der Waals surface area contributed by atoms with Crippen molar-refractivity contribution in [3.05, 3.63) is 103 Å². The van der Waals surface area contributed by atoms with Gasteiger partial charge in [-0.2, -0.15) is 0 Å². The third kappa shape index (κ3) is 5.67. The van der Waals surface area contributed by atoms with E-state index in [0.29, 0.717) is 6.17 Å². The molecule has 0 radical (unpaired) electrons. The van der Waals surface area contributed by atoms with Crippen LogP contribution in [0.1, 0.15) is 18.1 Å². The molecular formula is C21H25ClN4. The maximum absolute atomic E-state index is 3.67. The highest BCUT2D eigenvalue weighted by molar-refractivity contribution is 5.85. The first-order valence-electron chi connectivity index (χ1n) is 8.53. The summed E-state index contributed by atoms with van der Waals surface area (Å²) in [6.45, 7) is 4.18. The van der Waals surface area contributed by atoms with E-state index in [9.17, 15) is 0 Å². The van der Waals surface area contributed by atoms with Gasteiger partial charge in [-0.1, -0.05) is 60.7 Å². The van der Waals surface area contributed by atoms with Gasteiger partial charge in [-0.15, -0.1) is 12.4 Å². The molecule has 26 heavy (non-hydrogen) atoms. The lowest BCUT2D eigenvalue weighted by molar-refractivity contribution is 0.159. The van der Waals surface area contributed by atoms with Gasteiger partial charge in [-0.25, -0.2) is 4.98 Å². The average molecular weight is 369 g/mol. The van der Waals surface area contributed by atoms with Crippen LogP contribution in [0.15, 0.2) is 91.8 Å². The molecule has 0 saturated carbocycles. The van der Waals surface area contributed by atoms with E-state index < -0.39 is 0 Å². The van der Waals surface area contributed by atoms with Gasteiger partial charge in [-0.3, -0.25) is 0 Å². The number of aromatic nitrogens is 2. The minimum Gasteiger partial charge on any atom is -0.352 e. The van der Waals surface area contributed by atoms with Crippen molar-refractivity contribution in [2.24, 2.45) is 0 Å². The third-order valence-electron chi connectivity index (χ3n) is 4.23. The summed E-state index contributed by atoms with van der Waals surface area (Å²) >= 11 is 0. The molecule has 1 aromatic heterocycles.